The molecule has 0 aromatic carbocycles. The van der Waals surface area contributed by atoms with E-state index in [2.05, 4.69) is 4.98 Å². The molecule has 1 aromatic rings. The minimum absolute atomic E-state index is 0.0204. The number of rotatable bonds is 2. The maximum atomic E-state index is 11.8. The SMILES string of the molecule is Cc1ccc(N2CC(S(N)(=O)=O)CC2=O)c(N)n1. The smallest absolute Gasteiger partial charge is 0.228 e. The molecule has 0 spiro atoms. The summed E-state index contributed by atoms with van der Waals surface area (Å²) < 4.78 is 22.5. The molecule has 1 amide bonds. The van der Waals surface area contributed by atoms with E-state index in [0.29, 0.717) is 5.69 Å². The molecule has 1 atom stereocenters. The number of sulfonamides is 1. The number of carbonyl (C=O) groups excluding carboxylic acids is 1. The molecule has 2 rings (SSSR count). The Hall–Kier alpha value is -1.67. The van der Waals surface area contributed by atoms with Crippen molar-refractivity contribution in [1.82, 2.24) is 4.98 Å². The molecule has 1 unspecified atom stereocenters. The number of aromatic nitrogens is 1. The highest BCUT2D eigenvalue weighted by Gasteiger charge is 2.37. The number of hydrogen-bond donors (Lipinski definition) is 2. The second-order valence-electron chi connectivity index (χ2n) is 4.28. The van der Waals surface area contributed by atoms with Crippen molar-refractivity contribution in [2.45, 2.75) is 18.6 Å². The first kappa shape index (κ1) is 12.8. The Morgan fingerprint density at radius 2 is 2.11 bits per heavy atom. The van der Waals surface area contributed by atoms with Crippen LogP contribution < -0.4 is 15.8 Å². The minimum Gasteiger partial charge on any atom is -0.382 e. The summed E-state index contributed by atoms with van der Waals surface area (Å²) in [5.74, 6) is -0.107. The van der Waals surface area contributed by atoms with Gasteiger partial charge in [0.2, 0.25) is 15.9 Å². The summed E-state index contributed by atoms with van der Waals surface area (Å²) in [6, 6.07) is 3.37. The van der Waals surface area contributed by atoms with Gasteiger partial charge in [-0.05, 0) is 19.1 Å². The number of nitrogen functional groups attached to an aromatic ring is 1. The molecular weight excluding hydrogens is 256 g/mol. The number of amides is 1. The van der Waals surface area contributed by atoms with Gasteiger partial charge >= 0.3 is 0 Å². The van der Waals surface area contributed by atoms with Gasteiger partial charge in [-0.2, -0.15) is 0 Å². The number of carbonyl (C=O) groups is 1. The van der Waals surface area contributed by atoms with Crippen LogP contribution in [0.15, 0.2) is 12.1 Å². The number of nitrogens with zero attached hydrogens (tertiary/aromatic N) is 2. The van der Waals surface area contributed by atoms with Crippen molar-refractivity contribution in [3.63, 3.8) is 0 Å². The number of nitrogens with two attached hydrogens (primary N) is 2. The largest absolute Gasteiger partial charge is 0.382 e. The summed E-state index contributed by atoms with van der Waals surface area (Å²) in [5, 5.41) is 4.17. The quantitative estimate of drug-likeness (QED) is 0.741. The molecule has 1 fully saturated rings. The number of pyridine rings is 1. The fraction of sp³-hybridized carbons (Fsp3) is 0.400. The van der Waals surface area contributed by atoms with Crippen LogP contribution in [-0.2, 0) is 14.8 Å². The lowest BCUT2D eigenvalue weighted by Crippen LogP contribution is -2.32. The van der Waals surface area contributed by atoms with Crippen LogP contribution in [0.4, 0.5) is 11.5 Å². The van der Waals surface area contributed by atoms with Gasteiger partial charge in [-0.15, -0.1) is 0 Å². The Labute approximate surface area is 105 Å². The summed E-state index contributed by atoms with van der Waals surface area (Å²) >= 11 is 0. The molecule has 1 aliphatic rings. The maximum Gasteiger partial charge on any atom is 0.228 e. The van der Waals surface area contributed by atoms with E-state index >= 15 is 0 Å². The number of hydrogen-bond acceptors (Lipinski definition) is 5. The maximum absolute atomic E-state index is 11.8. The molecule has 0 aliphatic carbocycles. The van der Waals surface area contributed by atoms with E-state index in [0.717, 1.165) is 5.69 Å². The summed E-state index contributed by atoms with van der Waals surface area (Å²) in [7, 11) is -3.72. The summed E-state index contributed by atoms with van der Waals surface area (Å²) in [4.78, 5) is 17.2. The lowest BCUT2D eigenvalue weighted by atomic mass is 10.3. The van der Waals surface area contributed by atoms with Crippen molar-refractivity contribution in [3.8, 4) is 0 Å². The molecule has 0 saturated carbocycles. The Morgan fingerprint density at radius 1 is 1.44 bits per heavy atom. The van der Waals surface area contributed by atoms with Gasteiger partial charge < -0.3 is 10.6 Å². The highest BCUT2D eigenvalue weighted by Crippen LogP contribution is 2.28. The van der Waals surface area contributed by atoms with Gasteiger partial charge in [0.15, 0.2) is 0 Å². The second-order valence-corrected chi connectivity index (χ2v) is 6.12. The third-order valence-corrected chi connectivity index (χ3v) is 4.13. The number of anilines is 2. The average molecular weight is 270 g/mol. The molecule has 2 heterocycles. The number of aryl methyl sites for hydroxylation is 1. The van der Waals surface area contributed by atoms with Crippen LogP contribution in [0, 0.1) is 6.92 Å². The van der Waals surface area contributed by atoms with Crippen molar-refractivity contribution in [2.75, 3.05) is 17.2 Å². The van der Waals surface area contributed by atoms with Crippen LogP contribution in [-0.4, -0.2) is 31.1 Å². The van der Waals surface area contributed by atoms with E-state index in [1.54, 1.807) is 19.1 Å². The van der Waals surface area contributed by atoms with Gasteiger partial charge in [0.25, 0.3) is 0 Å². The number of primary sulfonamides is 1. The Morgan fingerprint density at radius 3 is 2.61 bits per heavy atom. The minimum atomic E-state index is -3.72. The van der Waals surface area contributed by atoms with E-state index in [9.17, 15) is 13.2 Å². The predicted octanol–water partition coefficient (Wildman–Crippen LogP) is -0.634. The first-order chi connectivity index (χ1) is 8.29. The monoisotopic (exact) mass is 270 g/mol. The molecule has 0 radical (unpaired) electrons. The van der Waals surface area contributed by atoms with Crippen molar-refractivity contribution in [1.29, 1.82) is 0 Å². The van der Waals surface area contributed by atoms with Crippen molar-refractivity contribution in [2.24, 2.45) is 5.14 Å². The predicted molar refractivity (Wildman–Crippen MR) is 67.3 cm³/mol. The van der Waals surface area contributed by atoms with Crippen LogP contribution in [0.25, 0.3) is 0 Å². The lowest BCUT2D eigenvalue weighted by molar-refractivity contribution is -0.117. The zero-order valence-electron chi connectivity index (χ0n) is 9.83. The molecule has 18 heavy (non-hydrogen) atoms. The fourth-order valence-electron chi connectivity index (χ4n) is 1.93. The van der Waals surface area contributed by atoms with E-state index < -0.39 is 15.3 Å². The Kier molecular flexibility index (Phi) is 2.99. The van der Waals surface area contributed by atoms with Crippen molar-refractivity contribution >= 4 is 27.4 Å². The molecule has 1 aromatic heterocycles. The summed E-state index contributed by atoms with van der Waals surface area (Å²) in [5.41, 5.74) is 6.89. The second kappa shape index (κ2) is 4.21. The van der Waals surface area contributed by atoms with Gasteiger partial charge in [-0.3, -0.25) is 4.79 Å². The van der Waals surface area contributed by atoms with E-state index in [-0.39, 0.29) is 24.7 Å². The topological polar surface area (TPSA) is 119 Å². The third-order valence-electron chi connectivity index (χ3n) is 2.89. The third kappa shape index (κ3) is 2.29. The Bertz CT molecular complexity index is 599. The molecular formula is C10H14N4O3S. The highest BCUT2D eigenvalue weighted by atomic mass is 32.2. The van der Waals surface area contributed by atoms with Crippen LogP contribution in [0.2, 0.25) is 0 Å². The standard InChI is InChI=1S/C10H14N4O3S/c1-6-2-3-8(10(11)13-6)14-5-7(4-9(14)15)18(12,16)17/h2-3,7H,4-5H2,1H3,(H2,11,13)(H2,12,16,17). The van der Waals surface area contributed by atoms with Gasteiger partial charge in [0, 0.05) is 18.7 Å². The first-order valence-electron chi connectivity index (χ1n) is 5.34. The van der Waals surface area contributed by atoms with Gasteiger partial charge in [0.05, 0.1) is 5.69 Å². The van der Waals surface area contributed by atoms with E-state index in [1.807, 2.05) is 0 Å². The highest BCUT2D eigenvalue weighted by molar-refractivity contribution is 7.89. The molecule has 7 nitrogen and oxygen atoms in total. The molecule has 4 N–H and O–H groups in total. The normalized spacial score (nSPS) is 20.4. The van der Waals surface area contributed by atoms with Crippen LogP contribution >= 0.6 is 0 Å². The van der Waals surface area contributed by atoms with Gasteiger partial charge in [0.1, 0.15) is 11.1 Å². The lowest BCUT2D eigenvalue weighted by Gasteiger charge is -2.17. The van der Waals surface area contributed by atoms with Crippen molar-refractivity contribution < 1.29 is 13.2 Å². The molecule has 98 valence electrons. The molecule has 1 saturated heterocycles. The zero-order chi connectivity index (χ0) is 13.5. The van der Waals surface area contributed by atoms with E-state index in [1.165, 1.54) is 4.90 Å². The van der Waals surface area contributed by atoms with Crippen molar-refractivity contribution in [3.05, 3.63) is 17.8 Å². The van der Waals surface area contributed by atoms with Crippen LogP contribution in [0.1, 0.15) is 12.1 Å². The van der Waals surface area contributed by atoms with E-state index in [4.69, 9.17) is 10.9 Å². The zero-order valence-corrected chi connectivity index (χ0v) is 10.6. The Balaban J connectivity index is 2.33. The fourth-order valence-corrected chi connectivity index (χ4v) is 2.66. The first-order valence-corrected chi connectivity index (χ1v) is 6.95. The van der Waals surface area contributed by atoms with Gasteiger partial charge in [-0.25, -0.2) is 18.5 Å². The molecule has 1 aliphatic heterocycles. The summed E-state index contributed by atoms with van der Waals surface area (Å²) in [6.07, 6.45) is -0.119. The molecule has 0 bridgehead atoms. The average Bonchev–Trinajstić information content (AvgIpc) is 2.60. The molecule has 8 heteroatoms. The summed E-state index contributed by atoms with van der Waals surface area (Å²) in [6.45, 7) is 1.80. The van der Waals surface area contributed by atoms with Crippen LogP contribution in [0.5, 0.6) is 0 Å². The van der Waals surface area contributed by atoms with Gasteiger partial charge in [-0.1, -0.05) is 0 Å². The van der Waals surface area contributed by atoms with Crippen LogP contribution in [0.3, 0.4) is 0 Å².